The van der Waals surface area contributed by atoms with Crippen LogP contribution < -0.4 is 0 Å². The quantitative estimate of drug-likeness (QED) is 0.838. The van der Waals surface area contributed by atoms with Gasteiger partial charge in [0.2, 0.25) is 0 Å². The molecule has 0 aromatic carbocycles. The molecule has 3 aliphatic rings. The Morgan fingerprint density at radius 3 is 2.63 bits per heavy atom. The normalized spacial score (nSPS) is 29.3. The first kappa shape index (κ1) is 13.5. The molecule has 0 N–H and O–H groups in total. The van der Waals surface area contributed by atoms with Gasteiger partial charge in [0, 0.05) is 50.5 Å². The van der Waals surface area contributed by atoms with Crippen molar-refractivity contribution in [3.8, 4) is 0 Å². The molecule has 3 unspecified atom stereocenters. The predicted octanol–water partition coefficient (Wildman–Crippen LogP) is 1.70. The first-order valence-electron chi connectivity index (χ1n) is 7.10. The van der Waals surface area contributed by atoms with Crippen molar-refractivity contribution >= 4 is 11.8 Å². The number of nitrogens with zero attached hydrogens (tertiary/aromatic N) is 4. The van der Waals surface area contributed by atoms with Gasteiger partial charge in [0.05, 0.1) is 11.1 Å². The SMILES string of the molecule is CSC(C)N1CC2CC(C1)N2Cc1cn(C)nc1C. The maximum Gasteiger partial charge on any atom is 0.0638 e. The second kappa shape index (κ2) is 5.11. The van der Waals surface area contributed by atoms with Gasteiger partial charge in [0.25, 0.3) is 0 Å². The van der Waals surface area contributed by atoms with Crippen molar-refractivity contribution in [1.82, 2.24) is 19.6 Å². The summed E-state index contributed by atoms with van der Waals surface area (Å²) in [6, 6.07) is 1.51. The standard InChI is InChI=1S/C14H24N4S/c1-10-12(6-16(3)15-10)7-18-13-5-14(18)9-17(8-13)11(2)19-4/h6,11,13-14H,5,7-9H2,1-4H3. The van der Waals surface area contributed by atoms with E-state index in [0.717, 1.165) is 18.6 Å². The number of hydrogen-bond acceptors (Lipinski definition) is 4. The van der Waals surface area contributed by atoms with E-state index in [1.165, 1.54) is 30.8 Å². The number of rotatable bonds is 4. The lowest BCUT2D eigenvalue weighted by molar-refractivity contribution is -0.0767. The minimum Gasteiger partial charge on any atom is -0.290 e. The fraction of sp³-hybridized carbons (Fsp3) is 0.786. The van der Waals surface area contributed by atoms with E-state index in [9.17, 15) is 0 Å². The summed E-state index contributed by atoms with van der Waals surface area (Å²) in [4.78, 5) is 5.31. The van der Waals surface area contributed by atoms with Crippen molar-refractivity contribution in [3.63, 3.8) is 0 Å². The third-order valence-corrected chi connectivity index (χ3v) is 5.68. The van der Waals surface area contributed by atoms with Crippen LogP contribution in [0.4, 0.5) is 0 Å². The van der Waals surface area contributed by atoms with Crippen molar-refractivity contribution in [2.24, 2.45) is 7.05 Å². The van der Waals surface area contributed by atoms with Gasteiger partial charge in [-0.1, -0.05) is 0 Å². The van der Waals surface area contributed by atoms with Crippen LogP contribution in [0.1, 0.15) is 24.6 Å². The number of aromatic nitrogens is 2. The first-order chi connectivity index (χ1) is 9.08. The molecule has 1 aromatic heterocycles. The molecule has 3 atom stereocenters. The number of piperazine rings is 1. The maximum atomic E-state index is 4.45. The number of aryl methyl sites for hydroxylation is 2. The molecule has 2 bridgehead atoms. The van der Waals surface area contributed by atoms with Crippen molar-refractivity contribution in [2.45, 2.75) is 44.3 Å². The summed E-state index contributed by atoms with van der Waals surface area (Å²) >= 11 is 1.96. The maximum absolute atomic E-state index is 4.45. The van der Waals surface area contributed by atoms with Crippen LogP contribution >= 0.6 is 11.8 Å². The van der Waals surface area contributed by atoms with Crippen molar-refractivity contribution in [2.75, 3.05) is 19.3 Å². The highest BCUT2D eigenvalue weighted by Gasteiger charge is 2.45. The molecule has 4 rings (SSSR count). The third kappa shape index (κ3) is 2.43. The van der Waals surface area contributed by atoms with E-state index in [1.54, 1.807) is 0 Å². The molecule has 4 heterocycles. The lowest BCUT2D eigenvalue weighted by Crippen LogP contribution is -2.68. The lowest BCUT2D eigenvalue weighted by atomic mass is 9.87. The van der Waals surface area contributed by atoms with Gasteiger partial charge in [0.1, 0.15) is 0 Å². The van der Waals surface area contributed by atoms with Crippen LogP contribution in [0.15, 0.2) is 6.20 Å². The van der Waals surface area contributed by atoms with Crippen LogP contribution in [0.5, 0.6) is 0 Å². The molecular formula is C14H24N4S. The van der Waals surface area contributed by atoms with Crippen molar-refractivity contribution in [1.29, 1.82) is 0 Å². The molecule has 0 spiro atoms. The number of thioether (sulfide) groups is 1. The zero-order valence-electron chi connectivity index (χ0n) is 12.3. The van der Waals surface area contributed by atoms with Crippen LogP contribution in [-0.4, -0.2) is 56.4 Å². The molecule has 3 saturated heterocycles. The predicted molar refractivity (Wildman–Crippen MR) is 80.2 cm³/mol. The van der Waals surface area contributed by atoms with Crippen LogP contribution in [0.3, 0.4) is 0 Å². The van der Waals surface area contributed by atoms with E-state index in [4.69, 9.17) is 0 Å². The van der Waals surface area contributed by atoms with E-state index in [2.05, 4.69) is 41.2 Å². The van der Waals surface area contributed by atoms with E-state index in [1.807, 2.05) is 23.5 Å². The molecule has 5 heteroatoms. The Labute approximate surface area is 120 Å². The summed E-state index contributed by atoms with van der Waals surface area (Å²) in [5.74, 6) is 0. The Balaban J connectivity index is 1.63. The number of hydrogen-bond donors (Lipinski definition) is 0. The summed E-state index contributed by atoms with van der Waals surface area (Å²) < 4.78 is 1.93. The zero-order valence-corrected chi connectivity index (χ0v) is 13.2. The topological polar surface area (TPSA) is 24.3 Å². The van der Waals surface area contributed by atoms with Gasteiger partial charge in [-0.25, -0.2) is 0 Å². The Hall–Kier alpha value is -0.520. The summed E-state index contributed by atoms with van der Waals surface area (Å²) in [7, 11) is 2.01. The highest BCUT2D eigenvalue weighted by Crippen LogP contribution is 2.35. The Bertz CT molecular complexity index is 446. The van der Waals surface area contributed by atoms with Gasteiger partial charge in [0.15, 0.2) is 0 Å². The van der Waals surface area contributed by atoms with Crippen LogP contribution in [0.2, 0.25) is 0 Å². The molecule has 19 heavy (non-hydrogen) atoms. The van der Waals surface area contributed by atoms with E-state index in [0.29, 0.717) is 5.37 Å². The average molecular weight is 280 g/mol. The minimum absolute atomic E-state index is 0.660. The number of piperidine rings is 1. The van der Waals surface area contributed by atoms with Crippen LogP contribution in [0, 0.1) is 6.92 Å². The minimum atomic E-state index is 0.660. The molecule has 0 aliphatic carbocycles. The van der Waals surface area contributed by atoms with Gasteiger partial charge < -0.3 is 0 Å². The van der Waals surface area contributed by atoms with Gasteiger partial charge >= 0.3 is 0 Å². The molecule has 4 nitrogen and oxygen atoms in total. The van der Waals surface area contributed by atoms with Gasteiger partial charge in [-0.15, -0.1) is 11.8 Å². The Morgan fingerprint density at radius 1 is 1.42 bits per heavy atom. The van der Waals surface area contributed by atoms with E-state index in [-0.39, 0.29) is 0 Å². The first-order valence-corrected chi connectivity index (χ1v) is 8.39. The Morgan fingerprint density at radius 2 is 2.11 bits per heavy atom. The molecule has 106 valence electrons. The second-order valence-corrected chi connectivity index (χ2v) is 7.07. The fourth-order valence-electron chi connectivity index (χ4n) is 3.42. The van der Waals surface area contributed by atoms with Gasteiger partial charge in [-0.2, -0.15) is 5.10 Å². The van der Waals surface area contributed by atoms with Crippen molar-refractivity contribution < 1.29 is 0 Å². The summed E-state index contributed by atoms with van der Waals surface area (Å²) in [6.45, 7) is 7.99. The molecule has 0 radical (unpaired) electrons. The molecular weight excluding hydrogens is 256 g/mol. The molecule has 0 saturated carbocycles. The summed E-state index contributed by atoms with van der Waals surface area (Å²) in [5, 5.41) is 5.11. The molecule has 0 amide bonds. The highest BCUT2D eigenvalue weighted by molar-refractivity contribution is 7.99. The fourth-order valence-corrected chi connectivity index (χ4v) is 3.89. The smallest absolute Gasteiger partial charge is 0.0638 e. The molecule has 3 aliphatic heterocycles. The Kier molecular flexibility index (Phi) is 3.62. The van der Waals surface area contributed by atoms with E-state index >= 15 is 0 Å². The average Bonchev–Trinajstić information content (AvgIpc) is 2.73. The summed E-state index contributed by atoms with van der Waals surface area (Å²) in [5.41, 5.74) is 2.57. The second-order valence-electron chi connectivity index (χ2n) is 5.92. The van der Waals surface area contributed by atoms with Gasteiger partial charge in [-0.3, -0.25) is 14.5 Å². The zero-order chi connectivity index (χ0) is 13.6. The lowest BCUT2D eigenvalue weighted by Gasteiger charge is -2.57. The van der Waals surface area contributed by atoms with Crippen LogP contribution in [0.25, 0.3) is 0 Å². The third-order valence-electron chi connectivity index (χ3n) is 4.70. The van der Waals surface area contributed by atoms with Crippen molar-refractivity contribution in [3.05, 3.63) is 17.5 Å². The molecule has 1 aromatic rings. The largest absolute Gasteiger partial charge is 0.290 e. The highest BCUT2D eigenvalue weighted by atomic mass is 32.2. The van der Waals surface area contributed by atoms with Gasteiger partial charge in [-0.05, 0) is 26.5 Å². The molecule has 3 fully saturated rings. The summed E-state index contributed by atoms with van der Waals surface area (Å²) in [6.07, 6.45) is 5.77. The number of fused-ring (bicyclic) bond motifs is 2. The monoisotopic (exact) mass is 280 g/mol. The van der Waals surface area contributed by atoms with E-state index < -0.39 is 0 Å². The van der Waals surface area contributed by atoms with Crippen LogP contribution in [-0.2, 0) is 13.6 Å².